The zero-order chi connectivity index (χ0) is 14.7. The van der Waals surface area contributed by atoms with Gasteiger partial charge in [0.25, 0.3) is 0 Å². The van der Waals surface area contributed by atoms with Gasteiger partial charge in [-0.2, -0.15) is 0 Å². The molecule has 3 heterocycles. The molecule has 21 heavy (non-hydrogen) atoms. The van der Waals surface area contributed by atoms with Crippen molar-refractivity contribution >= 4 is 28.9 Å². The number of hydrogen-bond donors (Lipinski definition) is 2. The molecule has 0 saturated carbocycles. The minimum atomic E-state index is -0.432. The van der Waals surface area contributed by atoms with Gasteiger partial charge < -0.3 is 10.4 Å². The molecule has 2 aromatic heterocycles. The lowest BCUT2D eigenvalue weighted by molar-refractivity contribution is 0.0564. The Morgan fingerprint density at radius 3 is 2.86 bits per heavy atom. The minimum absolute atomic E-state index is 0.00410. The van der Waals surface area contributed by atoms with Gasteiger partial charge in [0.05, 0.1) is 16.5 Å². The Labute approximate surface area is 132 Å². The van der Waals surface area contributed by atoms with Crippen molar-refractivity contribution < 1.29 is 5.11 Å². The van der Waals surface area contributed by atoms with Crippen LogP contribution >= 0.6 is 22.9 Å². The summed E-state index contributed by atoms with van der Waals surface area (Å²) in [5, 5.41) is 13.5. The molecular weight excluding hydrogens is 308 g/mol. The molecular formula is C14H17ClN4OS. The second-order valence-electron chi connectivity index (χ2n) is 5.12. The third kappa shape index (κ3) is 3.91. The van der Waals surface area contributed by atoms with Crippen LogP contribution in [0.15, 0.2) is 30.6 Å². The number of hydrogen-bond acceptors (Lipinski definition) is 6. The lowest BCUT2D eigenvalue weighted by atomic mass is 10.0. The predicted octanol–water partition coefficient (Wildman–Crippen LogP) is 2.24. The fraction of sp³-hybridized carbons (Fsp3) is 0.429. The van der Waals surface area contributed by atoms with E-state index in [4.69, 9.17) is 11.6 Å². The fourth-order valence-electron chi connectivity index (χ4n) is 2.51. The molecule has 1 aliphatic heterocycles. The van der Waals surface area contributed by atoms with Crippen molar-refractivity contribution in [2.75, 3.05) is 18.4 Å². The maximum absolute atomic E-state index is 10.3. The summed E-state index contributed by atoms with van der Waals surface area (Å²) in [6.07, 6.45) is 3.81. The van der Waals surface area contributed by atoms with Crippen molar-refractivity contribution in [2.45, 2.75) is 25.1 Å². The lowest BCUT2D eigenvalue weighted by Gasteiger charge is -2.36. The first-order valence-corrected chi connectivity index (χ1v) is 8.08. The molecule has 0 unspecified atom stereocenters. The van der Waals surface area contributed by atoms with Gasteiger partial charge in [0.2, 0.25) is 5.95 Å². The van der Waals surface area contributed by atoms with Crippen molar-refractivity contribution in [1.82, 2.24) is 14.9 Å². The molecule has 2 N–H and O–H groups in total. The number of β-amino-alcohol motifs (C(OH)–C–C–N with tert-alkyl or cyclic N) is 1. The molecule has 7 heteroatoms. The van der Waals surface area contributed by atoms with E-state index in [1.165, 1.54) is 4.88 Å². The summed E-state index contributed by atoms with van der Waals surface area (Å²) in [6, 6.07) is 5.73. The second kappa shape index (κ2) is 6.70. The Morgan fingerprint density at radius 1 is 1.38 bits per heavy atom. The Morgan fingerprint density at radius 2 is 2.19 bits per heavy atom. The Balaban J connectivity index is 1.54. The molecule has 2 atom stereocenters. The monoisotopic (exact) mass is 324 g/mol. The van der Waals surface area contributed by atoms with Crippen LogP contribution < -0.4 is 5.32 Å². The number of aliphatic hydroxyl groups excluding tert-OH is 1. The van der Waals surface area contributed by atoms with Crippen molar-refractivity contribution in [2.24, 2.45) is 0 Å². The van der Waals surface area contributed by atoms with Gasteiger partial charge in [0, 0.05) is 36.9 Å². The summed E-state index contributed by atoms with van der Waals surface area (Å²) in [5.74, 6) is 0.569. The predicted molar refractivity (Wildman–Crippen MR) is 84.7 cm³/mol. The summed E-state index contributed by atoms with van der Waals surface area (Å²) in [6.45, 7) is 2.40. The molecule has 0 spiro atoms. The van der Waals surface area contributed by atoms with Gasteiger partial charge in [0.15, 0.2) is 0 Å². The third-order valence-corrected chi connectivity index (χ3v) is 4.77. The largest absolute Gasteiger partial charge is 0.390 e. The molecule has 1 aliphatic rings. The highest BCUT2D eigenvalue weighted by atomic mass is 35.5. The van der Waals surface area contributed by atoms with E-state index in [0.29, 0.717) is 12.5 Å². The van der Waals surface area contributed by atoms with Gasteiger partial charge in [-0.05, 0) is 24.6 Å². The van der Waals surface area contributed by atoms with E-state index in [9.17, 15) is 5.11 Å². The average molecular weight is 325 g/mol. The summed E-state index contributed by atoms with van der Waals surface area (Å²) >= 11 is 7.54. The van der Waals surface area contributed by atoms with Crippen molar-refractivity contribution in [3.05, 3.63) is 39.8 Å². The van der Waals surface area contributed by atoms with E-state index in [-0.39, 0.29) is 6.04 Å². The van der Waals surface area contributed by atoms with Crippen molar-refractivity contribution in [3.8, 4) is 0 Å². The van der Waals surface area contributed by atoms with E-state index in [1.54, 1.807) is 29.8 Å². The molecule has 2 aromatic rings. The fourth-order valence-corrected chi connectivity index (χ4v) is 3.64. The van der Waals surface area contributed by atoms with Crippen LogP contribution in [0.1, 0.15) is 11.3 Å². The van der Waals surface area contributed by atoms with E-state index >= 15 is 0 Å². The maximum atomic E-state index is 10.3. The van der Waals surface area contributed by atoms with Crippen LogP contribution in [0, 0.1) is 0 Å². The van der Waals surface area contributed by atoms with Gasteiger partial charge in [-0.3, -0.25) is 4.90 Å². The van der Waals surface area contributed by atoms with Gasteiger partial charge >= 0.3 is 0 Å². The number of likely N-dealkylation sites (tertiary alicyclic amines) is 1. The lowest BCUT2D eigenvalue weighted by Crippen LogP contribution is -2.49. The van der Waals surface area contributed by atoms with E-state index in [0.717, 1.165) is 23.8 Å². The van der Waals surface area contributed by atoms with Crippen LogP contribution in [0.2, 0.25) is 4.34 Å². The summed E-state index contributed by atoms with van der Waals surface area (Å²) in [7, 11) is 0. The topological polar surface area (TPSA) is 61.3 Å². The molecule has 112 valence electrons. The summed E-state index contributed by atoms with van der Waals surface area (Å²) in [5.41, 5.74) is 0. The highest BCUT2D eigenvalue weighted by Crippen LogP contribution is 2.24. The molecule has 0 radical (unpaired) electrons. The SMILES string of the molecule is O[C@@H]1CN(Cc2ccc(Cl)s2)CC[C@H]1Nc1ncccn1. The Hall–Kier alpha value is -1.21. The summed E-state index contributed by atoms with van der Waals surface area (Å²) in [4.78, 5) is 11.7. The molecule has 0 bridgehead atoms. The van der Waals surface area contributed by atoms with Crippen molar-refractivity contribution in [1.29, 1.82) is 0 Å². The number of halogens is 1. The highest BCUT2D eigenvalue weighted by molar-refractivity contribution is 7.16. The van der Waals surface area contributed by atoms with Crippen LogP contribution in [-0.2, 0) is 6.54 Å². The number of nitrogens with zero attached hydrogens (tertiary/aromatic N) is 3. The van der Waals surface area contributed by atoms with Crippen molar-refractivity contribution in [3.63, 3.8) is 0 Å². The average Bonchev–Trinajstić information content (AvgIpc) is 2.88. The second-order valence-corrected chi connectivity index (χ2v) is 6.92. The number of anilines is 1. The van der Waals surface area contributed by atoms with Crippen LogP contribution in [0.5, 0.6) is 0 Å². The Bertz CT molecular complexity index is 579. The first kappa shape index (κ1) is 14.7. The highest BCUT2D eigenvalue weighted by Gasteiger charge is 2.28. The molecule has 0 aliphatic carbocycles. The third-order valence-electron chi connectivity index (χ3n) is 3.55. The standard InChI is InChI=1S/C14H17ClN4OS/c15-13-3-2-10(21-13)8-19-7-4-11(12(20)9-19)18-14-16-5-1-6-17-14/h1-3,5-6,11-12,20H,4,7-9H2,(H,16,17,18)/t11-,12-/m1/s1. The molecule has 1 fully saturated rings. The number of thiophene rings is 1. The first-order valence-electron chi connectivity index (χ1n) is 6.89. The first-order chi connectivity index (χ1) is 10.2. The Kier molecular flexibility index (Phi) is 4.70. The quantitative estimate of drug-likeness (QED) is 0.903. The number of rotatable bonds is 4. The molecule has 3 rings (SSSR count). The molecule has 1 saturated heterocycles. The number of nitrogens with one attached hydrogen (secondary N) is 1. The van der Waals surface area contributed by atoms with Gasteiger partial charge in [0.1, 0.15) is 0 Å². The zero-order valence-corrected chi connectivity index (χ0v) is 13.0. The zero-order valence-electron chi connectivity index (χ0n) is 11.4. The van der Waals surface area contributed by atoms with Gasteiger partial charge in [-0.25, -0.2) is 9.97 Å². The molecule has 0 amide bonds. The summed E-state index contributed by atoms with van der Waals surface area (Å²) < 4.78 is 0.809. The number of piperidine rings is 1. The van der Waals surface area contributed by atoms with Gasteiger partial charge in [-0.1, -0.05) is 11.6 Å². The number of aliphatic hydroxyl groups is 1. The molecule has 0 aromatic carbocycles. The smallest absolute Gasteiger partial charge is 0.222 e. The van der Waals surface area contributed by atoms with Crippen LogP contribution in [0.25, 0.3) is 0 Å². The van der Waals surface area contributed by atoms with E-state index in [1.807, 2.05) is 12.1 Å². The van der Waals surface area contributed by atoms with Crippen LogP contribution in [0.3, 0.4) is 0 Å². The number of aromatic nitrogens is 2. The van der Waals surface area contributed by atoms with Crippen LogP contribution in [0.4, 0.5) is 5.95 Å². The maximum Gasteiger partial charge on any atom is 0.222 e. The normalized spacial score (nSPS) is 23.1. The van der Waals surface area contributed by atoms with Crippen LogP contribution in [-0.4, -0.2) is 45.2 Å². The van der Waals surface area contributed by atoms with E-state index in [2.05, 4.69) is 20.2 Å². The minimum Gasteiger partial charge on any atom is -0.390 e. The molecule has 5 nitrogen and oxygen atoms in total. The van der Waals surface area contributed by atoms with E-state index < -0.39 is 6.10 Å². The van der Waals surface area contributed by atoms with Gasteiger partial charge in [-0.15, -0.1) is 11.3 Å².